The number of esters is 2. The summed E-state index contributed by atoms with van der Waals surface area (Å²) in [5.41, 5.74) is 0. The van der Waals surface area contributed by atoms with Gasteiger partial charge >= 0.3 is 11.9 Å². The predicted octanol–water partition coefficient (Wildman–Crippen LogP) is 19.8. The van der Waals surface area contributed by atoms with Gasteiger partial charge in [0.15, 0.2) is 12.4 Å². The highest BCUT2D eigenvalue weighted by Crippen LogP contribution is 2.19. The van der Waals surface area contributed by atoms with Crippen LogP contribution in [0.3, 0.4) is 0 Å². The molecule has 464 valence electrons. The van der Waals surface area contributed by atoms with Gasteiger partial charge in [-0.15, -0.1) is 0 Å². The van der Waals surface area contributed by atoms with Crippen molar-refractivity contribution in [2.24, 2.45) is 0 Å². The van der Waals surface area contributed by atoms with E-state index in [-0.39, 0.29) is 32.2 Å². The number of ether oxygens (including phenoxy) is 4. The number of carboxylic acids is 1. The molecule has 0 fully saturated rings. The summed E-state index contributed by atoms with van der Waals surface area (Å²) >= 11 is 0. The molecule has 9 heteroatoms. The maximum Gasteiger partial charge on any atom is 0.306 e. The Morgan fingerprint density at radius 2 is 0.577 bits per heavy atom. The molecule has 0 rings (SSSR count). The summed E-state index contributed by atoms with van der Waals surface area (Å²) in [5, 5.41) is 11.8. The number of rotatable bonds is 66. The number of carboxylic acid groups (broad SMARTS) is 1. The minimum Gasteiger partial charge on any atom is -0.545 e. The molecule has 0 aromatic heterocycles. The van der Waals surface area contributed by atoms with E-state index in [9.17, 15) is 19.5 Å². The number of aliphatic carboxylic acids is 1. The van der Waals surface area contributed by atoms with Gasteiger partial charge in [-0.2, -0.15) is 0 Å². The van der Waals surface area contributed by atoms with Crippen molar-refractivity contribution in [2.45, 2.75) is 379 Å². The van der Waals surface area contributed by atoms with Crippen LogP contribution in [0.1, 0.15) is 367 Å². The van der Waals surface area contributed by atoms with Gasteiger partial charge in [-0.1, -0.05) is 341 Å². The third kappa shape index (κ3) is 61.9. The number of carbonyl (C=O) groups excluding carboxylic acids is 3. The first-order valence-electron chi connectivity index (χ1n) is 34.7. The first kappa shape index (κ1) is 76.3. The van der Waals surface area contributed by atoms with Crippen molar-refractivity contribution < 1.29 is 42.9 Å². The summed E-state index contributed by atoms with van der Waals surface area (Å²) in [6.07, 6.45) is 69.4. The molecule has 0 heterocycles. The summed E-state index contributed by atoms with van der Waals surface area (Å²) in [7, 11) is 5.94. The van der Waals surface area contributed by atoms with E-state index in [0.29, 0.717) is 17.4 Å². The van der Waals surface area contributed by atoms with Gasteiger partial charge in [0.1, 0.15) is 13.2 Å². The van der Waals surface area contributed by atoms with Crippen LogP contribution in [-0.4, -0.2) is 82.3 Å². The van der Waals surface area contributed by atoms with E-state index in [1.54, 1.807) is 0 Å². The molecule has 0 aromatic carbocycles. The molecule has 2 atom stereocenters. The average molecular weight is 1110 g/mol. The maximum absolute atomic E-state index is 12.9. The topological polar surface area (TPSA) is 111 Å². The molecule has 0 saturated carbocycles. The Morgan fingerprint density at radius 1 is 0.333 bits per heavy atom. The molecule has 0 amide bonds. The van der Waals surface area contributed by atoms with E-state index in [1.165, 1.54) is 302 Å². The minimum atomic E-state index is -1.61. The Labute approximate surface area is 485 Å². The first-order chi connectivity index (χ1) is 38.1. The van der Waals surface area contributed by atoms with Crippen LogP contribution in [-0.2, 0) is 33.3 Å². The summed E-state index contributed by atoms with van der Waals surface area (Å²) < 4.78 is 22.7. The Morgan fingerprint density at radius 3 is 0.821 bits per heavy atom. The van der Waals surface area contributed by atoms with Crippen molar-refractivity contribution in [3.05, 3.63) is 0 Å². The zero-order chi connectivity index (χ0) is 56.9. The van der Waals surface area contributed by atoms with Crippen molar-refractivity contribution in [2.75, 3.05) is 47.5 Å². The van der Waals surface area contributed by atoms with Crippen LogP contribution in [0.25, 0.3) is 0 Å². The van der Waals surface area contributed by atoms with Gasteiger partial charge in [0.25, 0.3) is 0 Å². The molecule has 0 aliphatic carbocycles. The largest absolute Gasteiger partial charge is 0.545 e. The smallest absolute Gasteiger partial charge is 0.306 e. The second kappa shape index (κ2) is 61.4. The van der Waals surface area contributed by atoms with Gasteiger partial charge in [0.05, 0.1) is 40.3 Å². The Hall–Kier alpha value is -1.71. The lowest BCUT2D eigenvalue weighted by Gasteiger charge is -2.26. The van der Waals surface area contributed by atoms with Gasteiger partial charge in [-0.3, -0.25) is 9.59 Å². The van der Waals surface area contributed by atoms with E-state index in [1.807, 2.05) is 21.1 Å². The van der Waals surface area contributed by atoms with Gasteiger partial charge in [-0.05, 0) is 12.8 Å². The zero-order valence-electron chi connectivity index (χ0n) is 53.1. The van der Waals surface area contributed by atoms with Crippen molar-refractivity contribution >= 4 is 17.9 Å². The van der Waals surface area contributed by atoms with Crippen LogP contribution in [0.4, 0.5) is 0 Å². The van der Waals surface area contributed by atoms with Crippen molar-refractivity contribution in [1.82, 2.24) is 0 Å². The molecule has 0 aliphatic rings. The molecule has 0 N–H and O–H groups in total. The molecule has 0 bridgehead atoms. The number of hydrogen-bond acceptors (Lipinski definition) is 8. The molecule has 0 aromatic rings. The fraction of sp³-hybridized carbons (Fsp3) is 0.957. The zero-order valence-corrected chi connectivity index (χ0v) is 53.1. The van der Waals surface area contributed by atoms with E-state index in [4.69, 9.17) is 18.9 Å². The van der Waals surface area contributed by atoms with Crippen LogP contribution >= 0.6 is 0 Å². The highest BCUT2D eigenvalue weighted by molar-refractivity contribution is 5.70. The van der Waals surface area contributed by atoms with Crippen molar-refractivity contribution in [3.63, 3.8) is 0 Å². The molecule has 0 aliphatic heterocycles. The van der Waals surface area contributed by atoms with Gasteiger partial charge in [0.2, 0.25) is 0 Å². The van der Waals surface area contributed by atoms with Crippen LogP contribution < -0.4 is 5.11 Å². The molecule has 78 heavy (non-hydrogen) atoms. The summed E-state index contributed by atoms with van der Waals surface area (Å²) in [4.78, 5) is 37.3. The number of nitrogens with zero attached hydrogens (tertiary/aromatic N) is 1. The second-order valence-electron chi connectivity index (χ2n) is 25.2. The number of likely N-dealkylation sites (N-methyl/N-ethyl adjacent to an activating group) is 1. The summed E-state index contributed by atoms with van der Waals surface area (Å²) in [6, 6.07) is 0. The molecule has 0 saturated heterocycles. The van der Waals surface area contributed by atoms with Crippen LogP contribution in [0.15, 0.2) is 0 Å². The van der Waals surface area contributed by atoms with Crippen LogP contribution in [0, 0.1) is 0 Å². The molecule has 0 radical (unpaired) electrons. The van der Waals surface area contributed by atoms with E-state index < -0.39 is 24.3 Å². The number of carbonyl (C=O) groups is 3. The standard InChI is InChI=1S/C69H135NO8/c1-6-8-10-12-14-16-18-20-21-22-23-24-25-26-27-28-29-30-31-32-33-34-35-36-37-38-39-40-41-42-43-44-45-46-48-50-52-54-56-58-60-67(72)78-65(64-77-69(68(73)74)75-62-61-70(3,4)5)63-76-66(71)59-57-55-53-51-49-47-19-17-15-13-11-9-7-2/h65,69H,6-64H2,1-5H3. The lowest BCUT2D eigenvalue weighted by molar-refractivity contribution is -0.870. The molecular formula is C69H135NO8. The highest BCUT2D eigenvalue weighted by Gasteiger charge is 2.22. The number of unbranched alkanes of at least 4 members (excludes halogenated alkanes) is 51. The summed E-state index contributed by atoms with van der Waals surface area (Å²) in [6.45, 7) is 4.81. The second-order valence-corrected chi connectivity index (χ2v) is 25.2. The fourth-order valence-electron chi connectivity index (χ4n) is 10.8. The Kier molecular flexibility index (Phi) is 60.0. The van der Waals surface area contributed by atoms with Gasteiger partial charge in [0, 0.05) is 12.8 Å². The minimum absolute atomic E-state index is 0.153. The predicted molar refractivity (Wildman–Crippen MR) is 330 cm³/mol. The molecule has 9 nitrogen and oxygen atoms in total. The molecule has 0 spiro atoms. The molecular weight excluding hydrogens is 971 g/mol. The van der Waals surface area contributed by atoms with Crippen molar-refractivity contribution in [1.29, 1.82) is 0 Å². The van der Waals surface area contributed by atoms with E-state index in [2.05, 4.69) is 13.8 Å². The lowest BCUT2D eigenvalue weighted by Crippen LogP contribution is -2.44. The Balaban J connectivity index is 3.85. The third-order valence-electron chi connectivity index (χ3n) is 16.1. The SMILES string of the molecule is CCCCCCCCCCCCCCCCCCCCCCCCCCCCCCCCCCCCCCCCCCC(=O)OC(COC(=O)CCCCCCCCCCCCCCC)COC(OCC[N+](C)(C)C)C(=O)[O-]. The lowest BCUT2D eigenvalue weighted by atomic mass is 10.0. The molecule has 2 unspecified atom stereocenters. The quantitative estimate of drug-likeness (QED) is 0.0256. The van der Waals surface area contributed by atoms with Gasteiger partial charge in [-0.25, -0.2) is 0 Å². The first-order valence-corrected chi connectivity index (χ1v) is 34.7. The normalized spacial score (nSPS) is 12.6. The fourth-order valence-corrected chi connectivity index (χ4v) is 10.8. The van der Waals surface area contributed by atoms with Crippen LogP contribution in [0.2, 0.25) is 0 Å². The van der Waals surface area contributed by atoms with Crippen molar-refractivity contribution in [3.8, 4) is 0 Å². The number of quaternary nitrogens is 1. The number of hydrogen-bond donors (Lipinski definition) is 0. The van der Waals surface area contributed by atoms with E-state index >= 15 is 0 Å². The average Bonchev–Trinajstić information content (AvgIpc) is 3.41. The van der Waals surface area contributed by atoms with Gasteiger partial charge < -0.3 is 33.3 Å². The monoisotopic (exact) mass is 1110 g/mol. The summed E-state index contributed by atoms with van der Waals surface area (Å²) in [5.74, 6) is -2.25. The highest BCUT2D eigenvalue weighted by atomic mass is 16.7. The third-order valence-corrected chi connectivity index (χ3v) is 16.1. The van der Waals surface area contributed by atoms with E-state index in [0.717, 1.165) is 38.5 Å². The maximum atomic E-state index is 12.9. The Bertz CT molecular complexity index is 1240. The van der Waals surface area contributed by atoms with Crippen LogP contribution in [0.5, 0.6) is 0 Å².